The van der Waals surface area contributed by atoms with Gasteiger partial charge in [0.15, 0.2) is 5.75 Å². The van der Waals surface area contributed by atoms with Crippen molar-refractivity contribution in [1.82, 2.24) is 0 Å². The summed E-state index contributed by atoms with van der Waals surface area (Å²) in [6.07, 6.45) is 8.26. The van der Waals surface area contributed by atoms with E-state index in [-0.39, 0.29) is 5.57 Å². The number of carbonyl (C=O) groups excluding carboxylic acids is 1. The van der Waals surface area contributed by atoms with Crippen molar-refractivity contribution in [1.29, 1.82) is 5.26 Å². The number of carbonyl (C=O) groups is 1. The second-order valence-corrected chi connectivity index (χ2v) is 7.88. The number of unbranched alkanes of at least 4 members (excludes halogenated alkanes) is 5. The summed E-state index contributed by atoms with van der Waals surface area (Å²) >= 11 is 12.6. The maximum Gasteiger partial charge on any atom is 0.266 e. The molecule has 2 aromatic rings. The van der Waals surface area contributed by atoms with Crippen LogP contribution in [-0.4, -0.2) is 12.5 Å². The van der Waals surface area contributed by atoms with Gasteiger partial charge in [0.1, 0.15) is 17.5 Å². The molecular formula is C24H25Cl2FN2O2. The van der Waals surface area contributed by atoms with Crippen LogP contribution in [0.2, 0.25) is 10.0 Å². The van der Waals surface area contributed by atoms with Crippen molar-refractivity contribution in [3.8, 4) is 11.8 Å². The van der Waals surface area contributed by atoms with Gasteiger partial charge in [-0.2, -0.15) is 5.26 Å². The highest BCUT2D eigenvalue weighted by Gasteiger charge is 2.13. The minimum Gasteiger partial charge on any atom is -0.490 e. The van der Waals surface area contributed by atoms with Crippen LogP contribution in [0.25, 0.3) is 6.08 Å². The van der Waals surface area contributed by atoms with Crippen molar-refractivity contribution in [2.24, 2.45) is 0 Å². The number of amides is 1. The van der Waals surface area contributed by atoms with Gasteiger partial charge in [-0.3, -0.25) is 4.79 Å². The first-order valence-corrected chi connectivity index (χ1v) is 11.0. The van der Waals surface area contributed by atoms with Crippen LogP contribution in [-0.2, 0) is 4.79 Å². The van der Waals surface area contributed by atoms with Gasteiger partial charge in [-0.25, -0.2) is 4.39 Å². The van der Waals surface area contributed by atoms with Crippen molar-refractivity contribution >= 4 is 40.9 Å². The Morgan fingerprint density at radius 1 is 1.10 bits per heavy atom. The van der Waals surface area contributed by atoms with Crippen molar-refractivity contribution in [3.63, 3.8) is 0 Å². The largest absolute Gasteiger partial charge is 0.490 e. The summed E-state index contributed by atoms with van der Waals surface area (Å²) in [6, 6.07) is 10.3. The van der Waals surface area contributed by atoms with E-state index in [2.05, 4.69) is 12.2 Å². The lowest BCUT2D eigenvalue weighted by atomic mass is 10.1. The molecule has 0 spiro atoms. The fourth-order valence-electron chi connectivity index (χ4n) is 2.90. The molecule has 0 bridgehead atoms. The number of nitrogens with one attached hydrogen (secondary N) is 1. The molecule has 0 unspecified atom stereocenters. The molecule has 31 heavy (non-hydrogen) atoms. The number of hydrogen-bond acceptors (Lipinski definition) is 3. The van der Waals surface area contributed by atoms with Gasteiger partial charge < -0.3 is 10.1 Å². The van der Waals surface area contributed by atoms with Crippen LogP contribution in [0.5, 0.6) is 5.75 Å². The van der Waals surface area contributed by atoms with Crippen molar-refractivity contribution in [2.75, 3.05) is 11.9 Å². The highest BCUT2D eigenvalue weighted by molar-refractivity contribution is 6.37. The number of anilines is 1. The van der Waals surface area contributed by atoms with Gasteiger partial charge in [-0.05, 0) is 54.5 Å². The lowest BCUT2D eigenvalue weighted by Gasteiger charge is -2.11. The summed E-state index contributed by atoms with van der Waals surface area (Å²) in [5.74, 6) is -0.648. The fourth-order valence-corrected chi connectivity index (χ4v) is 3.52. The molecule has 2 rings (SSSR count). The molecule has 1 amide bonds. The van der Waals surface area contributed by atoms with Crippen LogP contribution >= 0.6 is 23.2 Å². The Labute approximate surface area is 192 Å². The number of nitriles is 1. The number of benzene rings is 2. The van der Waals surface area contributed by atoms with Crippen molar-refractivity contribution in [3.05, 3.63) is 63.4 Å². The smallest absolute Gasteiger partial charge is 0.266 e. The molecule has 0 aliphatic carbocycles. The first-order chi connectivity index (χ1) is 14.9. The Balaban J connectivity index is 2.01. The Bertz CT molecular complexity index is 930. The third-order valence-electron chi connectivity index (χ3n) is 4.54. The van der Waals surface area contributed by atoms with Crippen LogP contribution in [0.3, 0.4) is 0 Å². The molecule has 4 nitrogen and oxygen atoms in total. The number of halogens is 3. The molecule has 0 saturated heterocycles. The SMILES string of the molecule is CCCCCCCCOc1c(Cl)cc(/C=C(\C#N)C(=O)Nc2ccc(F)cc2)cc1Cl. The summed E-state index contributed by atoms with van der Waals surface area (Å²) in [7, 11) is 0. The number of nitrogens with zero attached hydrogens (tertiary/aromatic N) is 1. The first kappa shape index (κ1) is 24.7. The van der Waals surface area contributed by atoms with Crippen molar-refractivity contribution in [2.45, 2.75) is 45.4 Å². The minimum atomic E-state index is -0.621. The van der Waals surface area contributed by atoms with E-state index in [9.17, 15) is 14.4 Å². The summed E-state index contributed by atoms with van der Waals surface area (Å²) in [5.41, 5.74) is 0.729. The first-order valence-electron chi connectivity index (χ1n) is 10.2. The van der Waals surface area contributed by atoms with E-state index < -0.39 is 11.7 Å². The third kappa shape index (κ3) is 8.24. The van der Waals surface area contributed by atoms with Crippen LogP contribution in [0.1, 0.15) is 51.0 Å². The molecule has 0 saturated carbocycles. The number of hydrogen-bond donors (Lipinski definition) is 1. The zero-order valence-electron chi connectivity index (χ0n) is 17.4. The highest BCUT2D eigenvalue weighted by Crippen LogP contribution is 2.35. The molecule has 0 fully saturated rings. The summed E-state index contributed by atoms with van der Waals surface area (Å²) in [6.45, 7) is 2.70. The molecule has 0 aliphatic rings. The molecule has 7 heteroatoms. The third-order valence-corrected chi connectivity index (χ3v) is 5.10. The highest BCUT2D eigenvalue weighted by atomic mass is 35.5. The molecule has 2 aromatic carbocycles. The molecule has 0 aromatic heterocycles. The zero-order chi connectivity index (χ0) is 22.6. The van der Waals surface area contributed by atoms with Gasteiger partial charge >= 0.3 is 0 Å². The van der Waals surface area contributed by atoms with Crippen LogP contribution in [0, 0.1) is 17.1 Å². The van der Waals surface area contributed by atoms with E-state index in [0.717, 1.165) is 12.8 Å². The van der Waals surface area contributed by atoms with Crippen LogP contribution in [0.15, 0.2) is 42.0 Å². The lowest BCUT2D eigenvalue weighted by Crippen LogP contribution is -2.13. The Morgan fingerprint density at radius 2 is 1.71 bits per heavy atom. The summed E-state index contributed by atoms with van der Waals surface area (Å²) in [5, 5.41) is 12.5. The average Bonchev–Trinajstić information content (AvgIpc) is 2.74. The normalized spacial score (nSPS) is 11.1. The zero-order valence-corrected chi connectivity index (χ0v) is 18.9. The number of rotatable bonds is 11. The monoisotopic (exact) mass is 462 g/mol. The van der Waals surface area contributed by atoms with Gasteiger partial charge in [0.25, 0.3) is 5.91 Å². The van der Waals surface area contributed by atoms with Crippen LogP contribution in [0.4, 0.5) is 10.1 Å². The Hall–Kier alpha value is -2.55. The Morgan fingerprint density at radius 3 is 2.32 bits per heavy atom. The maximum atomic E-state index is 13.0. The molecule has 0 radical (unpaired) electrons. The minimum absolute atomic E-state index is 0.141. The average molecular weight is 463 g/mol. The second-order valence-electron chi connectivity index (χ2n) is 7.06. The van der Waals surface area contributed by atoms with Crippen molar-refractivity contribution < 1.29 is 13.9 Å². The predicted molar refractivity (Wildman–Crippen MR) is 124 cm³/mol. The van der Waals surface area contributed by atoms with E-state index in [1.165, 1.54) is 56.0 Å². The van der Waals surface area contributed by atoms with E-state index in [0.29, 0.717) is 33.7 Å². The molecule has 1 N–H and O–H groups in total. The summed E-state index contributed by atoms with van der Waals surface area (Å²) in [4.78, 5) is 12.4. The van der Waals surface area contributed by atoms with Gasteiger partial charge in [0.2, 0.25) is 0 Å². The van der Waals surface area contributed by atoms with E-state index in [4.69, 9.17) is 27.9 Å². The van der Waals surface area contributed by atoms with Gasteiger partial charge in [0.05, 0.1) is 16.7 Å². The topological polar surface area (TPSA) is 62.1 Å². The molecule has 0 aliphatic heterocycles. The molecular weight excluding hydrogens is 438 g/mol. The van der Waals surface area contributed by atoms with Gasteiger partial charge in [-0.1, -0.05) is 62.2 Å². The molecule has 0 atom stereocenters. The fraction of sp³-hybridized carbons (Fsp3) is 0.333. The maximum absolute atomic E-state index is 13.0. The Kier molecular flexibility index (Phi) is 10.4. The predicted octanol–water partition coefficient (Wildman–Crippen LogP) is 7.42. The number of ether oxygens (including phenoxy) is 1. The van der Waals surface area contributed by atoms with Crippen LogP contribution < -0.4 is 10.1 Å². The second kappa shape index (κ2) is 13.0. The van der Waals surface area contributed by atoms with Gasteiger partial charge in [0, 0.05) is 5.69 Å². The van der Waals surface area contributed by atoms with Gasteiger partial charge in [-0.15, -0.1) is 0 Å². The molecule has 164 valence electrons. The quantitative estimate of drug-likeness (QED) is 0.214. The summed E-state index contributed by atoms with van der Waals surface area (Å²) < 4.78 is 18.7. The van der Waals surface area contributed by atoms with E-state index in [1.54, 1.807) is 12.1 Å². The molecule has 0 heterocycles. The van der Waals surface area contributed by atoms with E-state index >= 15 is 0 Å². The lowest BCUT2D eigenvalue weighted by molar-refractivity contribution is -0.112. The standard InChI is InChI=1S/C24H25Cl2FN2O2/c1-2-3-4-5-6-7-12-31-23-21(25)14-17(15-22(23)26)13-18(16-28)24(30)29-20-10-8-19(27)9-11-20/h8-11,13-15H,2-7,12H2,1H3,(H,29,30)/b18-13+. The van der Waals surface area contributed by atoms with E-state index in [1.807, 2.05) is 6.07 Å².